The van der Waals surface area contributed by atoms with Crippen LogP contribution in [0.1, 0.15) is 33.3 Å². The molecule has 4 N–H and O–H groups in total. The molecule has 0 spiro atoms. The number of nitrogens with zero attached hydrogens (tertiary/aromatic N) is 2. The summed E-state index contributed by atoms with van der Waals surface area (Å²) in [6, 6.07) is 15.5. The standard InChI is InChI=1S/C26H19N5O7/c1-13(32)28-19-6-4-3-5-15(19)16-11-22-18(10-21(16)30-26(36)37-2)23(31-38-22)24(33)29-20-8-7-14(12-27)9-17(20)25(34)35/h3-11H,1-2H3,(H,28,32)(H,29,33)(H,30,36)(H,34,35). The van der Waals surface area contributed by atoms with Crippen molar-refractivity contribution >= 4 is 51.9 Å². The molecule has 1 heterocycles. The van der Waals surface area contributed by atoms with Gasteiger partial charge < -0.3 is 25.0 Å². The second-order valence-corrected chi connectivity index (χ2v) is 7.90. The minimum absolute atomic E-state index is 0.0496. The fourth-order valence-electron chi connectivity index (χ4n) is 3.73. The van der Waals surface area contributed by atoms with Crippen molar-refractivity contribution in [3.8, 4) is 17.2 Å². The third kappa shape index (κ3) is 5.12. The number of anilines is 3. The molecule has 38 heavy (non-hydrogen) atoms. The fourth-order valence-corrected chi connectivity index (χ4v) is 3.73. The number of hydrogen-bond donors (Lipinski definition) is 4. The van der Waals surface area contributed by atoms with Crippen LogP contribution in [0, 0.1) is 11.3 Å². The van der Waals surface area contributed by atoms with E-state index in [0.717, 1.165) is 6.07 Å². The number of carbonyl (C=O) groups is 4. The predicted octanol–water partition coefficient (Wildman–Crippen LogP) is 4.45. The Kier molecular flexibility index (Phi) is 7.02. The van der Waals surface area contributed by atoms with Crippen LogP contribution in [0.5, 0.6) is 0 Å². The largest absolute Gasteiger partial charge is 0.478 e. The first kappa shape index (κ1) is 25.4. The number of hydrogen-bond acceptors (Lipinski definition) is 8. The van der Waals surface area contributed by atoms with Crippen LogP contribution in [0.2, 0.25) is 0 Å². The summed E-state index contributed by atoms with van der Waals surface area (Å²) in [5.74, 6) is -2.43. The number of nitrogens with one attached hydrogen (secondary N) is 3. The lowest BCUT2D eigenvalue weighted by Gasteiger charge is -2.15. The first-order chi connectivity index (χ1) is 18.2. The van der Waals surface area contributed by atoms with E-state index in [1.807, 2.05) is 6.07 Å². The lowest BCUT2D eigenvalue weighted by Crippen LogP contribution is -2.16. The summed E-state index contributed by atoms with van der Waals surface area (Å²) in [5, 5.41) is 30.4. The molecule has 4 aromatic rings. The van der Waals surface area contributed by atoms with E-state index < -0.39 is 18.0 Å². The van der Waals surface area contributed by atoms with Crippen LogP contribution in [-0.4, -0.2) is 41.2 Å². The van der Waals surface area contributed by atoms with Crippen molar-refractivity contribution in [1.82, 2.24) is 5.16 Å². The normalized spacial score (nSPS) is 10.3. The molecule has 0 saturated heterocycles. The third-order valence-electron chi connectivity index (χ3n) is 5.40. The molecule has 0 atom stereocenters. The Morgan fingerprint density at radius 1 is 0.947 bits per heavy atom. The fraction of sp³-hybridized carbons (Fsp3) is 0.0769. The van der Waals surface area contributed by atoms with Gasteiger partial charge >= 0.3 is 12.1 Å². The van der Waals surface area contributed by atoms with Crippen molar-refractivity contribution < 1.29 is 33.5 Å². The molecule has 0 saturated carbocycles. The smallest absolute Gasteiger partial charge is 0.411 e. The Hall–Kier alpha value is -5.70. The molecule has 1 aromatic heterocycles. The van der Waals surface area contributed by atoms with Crippen LogP contribution in [0.15, 0.2) is 59.1 Å². The summed E-state index contributed by atoms with van der Waals surface area (Å²) in [6.45, 7) is 1.36. The predicted molar refractivity (Wildman–Crippen MR) is 136 cm³/mol. The van der Waals surface area contributed by atoms with E-state index in [1.165, 1.54) is 38.3 Å². The van der Waals surface area contributed by atoms with Gasteiger partial charge in [-0.25, -0.2) is 9.59 Å². The topological polar surface area (TPSA) is 184 Å². The highest BCUT2D eigenvalue weighted by molar-refractivity contribution is 6.14. The summed E-state index contributed by atoms with van der Waals surface area (Å²) in [6.07, 6.45) is -0.784. The van der Waals surface area contributed by atoms with E-state index >= 15 is 0 Å². The van der Waals surface area contributed by atoms with Crippen LogP contribution >= 0.6 is 0 Å². The van der Waals surface area contributed by atoms with Crippen molar-refractivity contribution in [3.63, 3.8) is 0 Å². The summed E-state index contributed by atoms with van der Waals surface area (Å²) >= 11 is 0. The molecule has 0 aliphatic heterocycles. The van der Waals surface area contributed by atoms with E-state index in [-0.39, 0.29) is 45.1 Å². The van der Waals surface area contributed by atoms with Gasteiger partial charge in [0.2, 0.25) is 5.91 Å². The summed E-state index contributed by atoms with van der Waals surface area (Å²) < 4.78 is 10.1. The molecular formula is C26H19N5O7. The average Bonchev–Trinajstić information content (AvgIpc) is 3.31. The average molecular weight is 513 g/mol. The second-order valence-electron chi connectivity index (χ2n) is 7.90. The number of fused-ring (bicyclic) bond motifs is 1. The SMILES string of the molecule is COC(=O)Nc1cc2c(C(=O)Nc3ccc(C#N)cc3C(=O)O)noc2cc1-c1ccccc1NC(C)=O. The number of carboxylic acids is 1. The zero-order chi connectivity index (χ0) is 27.4. The quantitative estimate of drug-likeness (QED) is 0.289. The Morgan fingerprint density at radius 2 is 1.71 bits per heavy atom. The number of carboxylic acid groups (broad SMARTS) is 1. The van der Waals surface area contributed by atoms with Crippen LogP contribution in [0.4, 0.5) is 21.9 Å². The molecule has 12 heteroatoms. The van der Waals surface area contributed by atoms with Crippen molar-refractivity contribution in [2.24, 2.45) is 0 Å². The van der Waals surface area contributed by atoms with Gasteiger partial charge in [-0.3, -0.25) is 14.9 Å². The van der Waals surface area contributed by atoms with Gasteiger partial charge in [-0.2, -0.15) is 5.26 Å². The zero-order valence-electron chi connectivity index (χ0n) is 20.0. The van der Waals surface area contributed by atoms with Crippen molar-refractivity contribution in [1.29, 1.82) is 5.26 Å². The Balaban J connectivity index is 1.81. The highest BCUT2D eigenvalue weighted by Crippen LogP contribution is 2.38. The van der Waals surface area contributed by atoms with E-state index in [1.54, 1.807) is 24.3 Å². The Bertz CT molecular complexity index is 1650. The van der Waals surface area contributed by atoms with Crippen LogP contribution in [0.25, 0.3) is 22.1 Å². The van der Waals surface area contributed by atoms with Gasteiger partial charge in [0.15, 0.2) is 11.3 Å². The number of aromatic nitrogens is 1. The third-order valence-corrected chi connectivity index (χ3v) is 5.40. The number of rotatable bonds is 6. The number of carbonyl (C=O) groups excluding carboxylic acids is 3. The van der Waals surface area contributed by atoms with Crippen LogP contribution in [0.3, 0.4) is 0 Å². The first-order valence-corrected chi connectivity index (χ1v) is 11.0. The molecule has 0 aliphatic carbocycles. The number of nitriles is 1. The molecule has 0 aliphatic rings. The second kappa shape index (κ2) is 10.5. The van der Waals surface area contributed by atoms with E-state index in [2.05, 4.69) is 21.1 Å². The van der Waals surface area contributed by atoms with Gasteiger partial charge in [0.05, 0.1) is 41.1 Å². The van der Waals surface area contributed by atoms with Crippen molar-refractivity contribution in [2.75, 3.05) is 23.1 Å². The van der Waals surface area contributed by atoms with Crippen molar-refractivity contribution in [2.45, 2.75) is 6.92 Å². The maximum absolute atomic E-state index is 13.1. The van der Waals surface area contributed by atoms with Crippen LogP contribution in [-0.2, 0) is 9.53 Å². The van der Waals surface area contributed by atoms with Gasteiger partial charge in [-0.1, -0.05) is 23.4 Å². The molecule has 3 aromatic carbocycles. The van der Waals surface area contributed by atoms with E-state index in [4.69, 9.17) is 14.5 Å². The highest BCUT2D eigenvalue weighted by atomic mass is 16.5. The molecule has 0 radical (unpaired) electrons. The molecule has 0 bridgehead atoms. The lowest BCUT2D eigenvalue weighted by molar-refractivity contribution is -0.114. The van der Waals surface area contributed by atoms with Gasteiger partial charge in [0.25, 0.3) is 5.91 Å². The molecule has 12 nitrogen and oxygen atoms in total. The number of ether oxygens (including phenoxy) is 1. The number of amides is 3. The Labute approximate surface area is 214 Å². The molecule has 0 fully saturated rings. The lowest BCUT2D eigenvalue weighted by atomic mass is 9.99. The first-order valence-electron chi connectivity index (χ1n) is 11.0. The minimum Gasteiger partial charge on any atom is -0.478 e. The summed E-state index contributed by atoms with van der Waals surface area (Å²) in [5.41, 5.74) is 1.44. The number of methoxy groups -OCH3 is 1. The molecule has 4 rings (SSSR count). The zero-order valence-corrected chi connectivity index (χ0v) is 20.0. The van der Waals surface area contributed by atoms with E-state index in [0.29, 0.717) is 16.8 Å². The van der Waals surface area contributed by atoms with Gasteiger partial charge in [-0.05, 0) is 36.4 Å². The molecule has 190 valence electrons. The summed E-state index contributed by atoms with van der Waals surface area (Å²) in [7, 11) is 1.19. The minimum atomic E-state index is -1.34. The van der Waals surface area contributed by atoms with Crippen LogP contribution < -0.4 is 16.0 Å². The van der Waals surface area contributed by atoms with Gasteiger partial charge in [0, 0.05) is 23.7 Å². The summed E-state index contributed by atoms with van der Waals surface area (Å²) in [4.78, 5) is 48.6. The Morgan fingerprint density at radius 3 is 2.39 bits per heavy atom. The maximum atomic E-state index is 13.1. The van der Waals surface area contributed by atoms with E-state index in [9.17, 15) is 24.3 Å². The number of aromatic carboxylic acids is 1. The maximum Gasteiger partial charge on any atom is 0.411 e. The monoisotopic (exact) mass is 513 g/mol. The van der Waals surface area contributed by atoms with Crippen molar-refractivity contribution in [3.05, 3.63) is 71.4 Å². The molecule has 0 unspecified atom stereocenters. The molecule has 3 amide bonds. The van der Waals surface area contributed by atoms with Gasteiger partial charge in [0.1, 0.15) is 0 Å². The number of benzene rings is 3. The van der Waals surface area contributed by atoms with Gasteiger partial charge in [-0.15, -0.1) is 0 Å². The number of para-hydroxylation sites is 1. The molecular weight excluding hydrogens is 494 g/mol. The highest BCUT2D eigenvalue weighted by Gasteiger charge is 2.23.